The van der Waals surface area contributed by atoms with Crippen LogP contribution in [-0.4, -0.2) is 7.11 Å². The lowest BCUT2D eigenvalue weighted by Crippen LogP contribution is -1.99. The highest BCUT2D eigenvalue weighted by Crippen LogP contribution is 2.38. The van der Waals surface area contributed by atoms with Crippen LogP contribution < -0.4 is 9.47 Å². The Morgan fingerprint density at radius 2 is 1.93 bits per heavy atom. The van der Waals surface area contributed by atoms with Gasteiger partial charge in [-0.3, -0.25) is 0 Å². The van der Waals surface area contributed by atoms with Crippen molar-refractivity contribution in [2.45, 2.75) is 13.5 Å². The first-order chi connectivity index (χ1) is 14.0. The fraction of sp³-hybridized carbons (Fsp3) is 0.125. The Morgan fingerprint density at radius 3 is 2.62 bits per heavy atom. The highest BCUT2D eigenvalue weighted by Gasteiger charge is 2.13. The van der Waals surface area contributed by atoms with Crippen LogP contribution in [0.1, 0.15) is 22.3 Å². The summed E-state index contributed by atoms with van der Waals surface area (Å²) in [6, 6.07) is 19.5. The minimum Gasteiger partial charge on any atom is -0.493 e. The highest BCUT2D eigenvalue weighted by atomic mass is 35.5. The zero-order valence-electron chi connectivity index (χ0n) is 16.1. The molecule has 0 amide bonds. The zero-order valence-corrected chi connectivity index (χ0v) is 16.8. The van der Waals surface area contributed by atoms with Crippen LogP contribution in [0.25, 0.3) is 11.6 Å². The van der Waals surface area contributed by atoms with Crippen molar-refractivity contribution < 1.29 is 13.9 Å². The number of nitriles is 1. The lowest BCUT2D eigenvalue weighted by Gasteiger charge is -2.14. The van der Waals surface area contributed by atoms with Gasteiger partial charge in [-0.2, -0.15) is 5.26 Å². The molecule has 0 unspecified atom stereocenters. The largest absolute Gasteiger partial charge is 0.493 e. The van der Waals surface area contributed by atoms with Gasteiger partial charge < -0.3 is 9.47 Å². The van der Waals surface area contributed by atoms with E-state index in [4.69, 9.17) is 21.1 Å². The van der Waals surface area contributed by atoms with Crippen molar-refractivity contribution in [3.63, 3.8) is 0 Å². The van der Waals surface area contributed by atoms with Crippen molar-refractivity contribution in [3.8, 4) is 17.6 Å². The van der Waals surface area contributed by atoms with Crippen LogP contribution in [0.2, 0.25) is 5.02 Å². The number of allylic oxidation sites excluding steroid dienone is 1. The fourth-order valence-electron chi connectivity index (χ4n) is 2.94. The highest BCUT2D eigenvalue weighted by molar-refractivity contribution is 6.32. The van der Waals surface area contributed by atoms with Gasteiger partial charge in [-0.1, -0.05) is 59.6 Å². The van der Waals surface area contributed by atoms with Crippen LogP contribution >= 0.6 is 11.6 Å². The zero-order chi connectivity index (χ0) is 20.8. The second-order valence-corrected chi connectivity index (χ2v) is 6.87. The summed E-state index contributed by atoms with van der Waals surface area (Å²) >= 11 is 6.42. The Balaban J connectivity index is 1.92. The Labute approximate surface area is 174 Å². The van der Waals surface area contributed by atoms with E-state index in [0.29, 0.717) is 28.7 Å². The van der Waals surface area contributed by atoms with Crippen LogP contribution in [0, 0.1) is 24.1 Å². The van der Waals surface area contributed by atoms with E-state index in [1.807, 2.05) is 37.3 Å². The molecule has 3 aromatic carbocycles. The van der Waals surface area contributed by atoms with Crippen molar-refractivity contribution in [1.82, 2.24) is 0 Å². The van der Waals surface area contributed by atoms with E-state index in [2.05, 4.69) is 0 Å². The first kappa shape index (κ1) is 20.4. The third kappa shape index (κ3) is 4.96. The minimum atomic E-state index is -0.462. The Bertz CT molecular complexity index is 1100. The average molecular weight is 408 g/mol. The maximum absolute atomic E-state index is 14.0. The van der Waals surface area contributed by atoms with Crippen LogP contribution in [-0.2, 0) is 6.61 Å². The lowest BCUT2D eigenvalue weighted by molar-refractivity contribution is 0.284. The van der Waals surface area contributed by atoms with Crippen molar-refractivity contribution >= 4 is 23.3 Å². The second-order valence-electron chi connectivity index (χ2n) is 6.46. The molecular formula is C24H19ClFNO2. The predicted octanol–water partition coefficient (Wildman–Crippen LogP) is 6.44. The van der Waals surface area contributed by atoms with Gasteiger partial charge in [-0.25, -0.2) is 4.39 Å². The number of hydrogen-bond acceptors (Lipinski definition) is 3. The number of rotatable bonds is 6. The summed E-state index contributed by atoms with van der Waals surface area (Å²) in [5.41, 5.74) is 3.18. The molecule has 0 aromatic heterocycles. The topological polar surface area (TPSA) is 42.2 Å². The van der Waals surface area contributed by atoms with Gasteiger partial charge in [0.2, 0.25) is 0 Å². The predicted molar refractivity (Wildman–Crippen MR) is 113 cm³/mol. The van der Waals surface area contributed by atoms with E-state index in [-0.39, 0.29) is 11.1 Å². The third-order valence-electron chi connectivity index (χ3n) is 4.31. The van der Waals surface area contributed by atoms with Crippen LogP contribution in [0.3, 0.4) is 0 Å². The first-order valence-electron chi connectivity index (χ1n) is 8.94. The monoisotopic (exact) mass is 407 g/mol. The summed E-state index contributed by atoms with van der Waals surface area (Å²) in [4.78, 5) is 0. The molecule has 0 saturated heterocycles. The molecule has 0 heterocycles. The summed E-state index contributed by atoms with van der Waals surface area (Å²) in [7, 11) is 1.51. The van der Waals surface area contributed by atoms with Crippen molar-refractivity contribution in [2.75, 3.05) is 7.11 Å². The summed E-state index contributed by atoms with van der Waals surface area (Å²) in [5.74, 6) is 0.385. The smallest absolute Gasteiger partial charge is 0.180 e. The molecule has 0 fully saturated rings. The van der Waals surface area contributed by atoms with Crippen LogP contribution in [0.15, 0.2) is 60.7 Å². The number of ether oxygens (including phenoxy) is 2. The molecule has 146 valence electrons. The molecule has 5 heteroatoms. The molecule has 0 spiro atoms. The quantitative estimate of drug-likeness (QED) is 0.349. The Hall–Kier alpha value is -3.29. The van der Waals surface area contributed by atoms with Gasteiger partial charge in [0.05, 0.1) is 23.8 Å². The van der Waals surface area contributed by atoms with Crippen molar-refractivity contribution in [1.29, 1.82) is 5.26 Å². The molecule has 3 rings (SSSR count). The van der Waals surface area contributed by atoms with Gasteiger partial charge in [0.1, 0.15) is 12.4 Å². The molecule has 0 N–H and O–H groups in total. The van der Waals surface area contributed by atoms with Crippen LogP contribution in [0.5, 0.6) is 11.5 Å². The lowest BCUT2D eigenvalue weighted by atomic mass is 10.0. The van der Waals surface area contributed by atoms with Gasteiger partial charge in [0.15, 0.2) is 11.5 Å². The summed E-state index contributed by atoms with van der Waals surface area (Å²) in [5, 5.41) is 9.82. The molecule has 0 radical (unpaired) electrons. The molecule has 0 atom stereocenters. The molecule has 3 nitrogen and oxygen atoms in total. The Kier molecular flexibility index (Phi) is 6.54. The first-order valence-corrected chi connectivity index (χ1v) is 9.32. The summed E-state index contributed by atoms with van der Waals surface area (Å²) in [6.07, 6.45) is 1.57. The van der Waals surface area contributed by atoms with E-state index in [1.165, 1.54) is 13.2 Å². The number of halogens is 2. The SMILES string of the molecule is COc1cc(/C=C(/C#N)c2ccccc2F)cc(Cl)c1OCc1cccc(C)c1. The standard InChI is InChI=1S/C24H19ClFNO2/c1-16-6-5-7-17(10-16)15-29-24-21(25)12-18(13-23(24)28-2)11-19(14-27)20-8-3-4-9-22(20)26/h3-13H,15H2,1-2H3/b19-11-. The average Bonchev–Trinajstić information content (AvgIpc) is 2.71. The van der Waals surface area contributed by atoms with Gasteiger partial charge in [-0.05, 0) is 42.3 Å². The van der Waals surface area contributed by atoms with Crippen molar-refractivity contribution in [2.24, 2.45) is 0 Å². The van der Waals surface area contributed by atoms with Crippen LogP contribution in [0.4, 0.5) is 4.39 Å². The van der Waals surface area contributed by atoms with E-state index in [9.17, 15) is 9.65 Å². The van der Waals surface area contributed by atoms with Gasteiger partial charge >= 0.3 is 0 Å². The number of methoxy groups -OCH3 is 1. The van der Waals surface area contributed by atoms with E-state index in [0.717, 1.165) is 11.1 Å². The van der Waals surface area contributed by atoms with Gasteiger partial charge in [0, 0.05) is 5.56 Å². The van der Waals surface area contributed by atoms with E-state index < -0.39 is 5.82 Å². The Morgan fingerprint density at radius 1 is 1.14 bits per heavy atom. The second kappa shape index (κ2) is 9.27. The normalized spacial score (nSPS) is 11.1. The summed E-state index contributed by atoms with van der Waals surface area (Å²) in [6.45, 7) is 2.35. The maximum atomic E-state index is 14.0. The molecular weight excluding hydrogens is 389 g/mol. The number of aryl methyl sites for hydroxylation is 1. The molecule has 0 aliphatic rings. The number of nitrogens with zero attached hydrogens (tertiary/aromatic N) is 1. The van der Waals surface area contributed by atoms with E-state index >= 15 is 0 Å². The molecule has 0 aliphatic heterocycles. The minimum absolute atomic E-state index is 0.189. The molecule has 0 bridgehead atoms. The molecule has 0 saturated carbocycles. The molecule has 0 aliphatic carbocycles. The van der Waals surface area contributed by atoms with Crippen molar-refractivity contribution in [3.05, 3.63) is 93.8 Å². The molecule has 29 heavy (non-hydrogen) atoms. The van der Waals surface area contributed by atoms with Gasteiger partial charge in [0.25, 0.3) is 0 Å². The number of benzene rings is 3. The maximum Gasteiger partial charge on any atom is 0.180 e. The summed E-state index contributed by atoms with van der Waals surface area (Å²) < 4.78 is 25.4. The van der Waals surface area contributed by atoms with E-state index in [1.54, 1.807) is 36.4 Å². The number of hydrogen-bond donors (Lipinski definition) is 0. The fourth-order valence-corrected chi connectivity index (χ4v) is 3.21. The molecule has 3 aromatic rings. The third-order valence-corrected chi connectivity index (χ3v) is 4.59. The van der Waals surface area contributed by atoms with Gasteiger partial charge in [-0.15, -0.1) is 0 Å².